The smallest absolute Gasteiger partial charge is 0.244 e. The SMILES string of the molecule is CCOCCCNC(=O)/C=C\c1csc(C)n1. The van der Waals surface area contributed by atoms with Crippen LogP contribution in [-0.2, 0) is 9.53 Å². The van der Waals surface area contributed by atoms with Gasteiger partial charge in [-0.05, 0) is 26.3 Å². The average molecular weight is 254 g/mol. The fourth-order valence-corrected chi connectivity index (χ4v) is 1.79. The lowest BCUT2D eigenvalue weighted by molar-refractivity contribution is -0.116. The van der Waals surface area contributed by atoms with Crippen LogP contribution in [0.1, 0.15) is 24.0 Å². The van der Waals surface area contributed by atoms with E-state index in [0.717, 1.165) is 23.7 Å². The summed E-state index contributed by atoms with van der Waals surface area (Å²) in [6, 6.07) is 0. The molecule has 5 heteroatoms. The van der Waals surface area contributed by atoms with Crippen LogP contribution in [0.2, 0.25) is 0 Å². The fraction of sp³-hybridized carbons (Fsp3) is 0.500. The molecular weight excluding hydrogens is 236 g/mol. The van der Waals surface area contributed by atoms with Crippen molar-refractivity contribution in [1.82, 2.24) is 10.3 Å². The summed E-state index contributed by atoms with van der Waals surface area (Å²) in [5, 5.41) is 5.71. The highest BCUT2D eigenvalue weighted by Crippen LogP contribution is 2.08. The van der Waals surface area contributed by atoms with Crippen molar-refractivity contribution in [1.29, 1.82) is 0 Å². The zero-order valence-corrected chi connectivity index (χ0v) is 11.0. The average Bonchev–Trinajstić information content (AvgIpc) is 2.72. The van der Waals surface area contributed by atoms with Crippen molar-refractivity contribution in [2.24, 2.45) is 0 Å². The van der Waals surface area contributed by atoms with Crippen molar-refractivity contribution < 1.29 is 9.53 Å². The molecule has 0 saturated heterocycles. The molecule has 1 aromatic heterocycles. The standard InChI is InChI=1S/C12H18N2O2S/c1-3-16-8-4-7-13-12(15)6-5-11-9-17-10(2)14-11/h5-6,9H,3-4,7-8H2,1-2H3,(H,13,15)/b6-5-. The molecule has 0 radical (unpaired) electrons. The molecule has 0 unspecified atom stereocenters. The molecule has 17 heavy (non-hydrogen) atoms. The number of aryl methyl sites for hydroxylation is 1. The van der Waals surface area contributed by atoms with Gasteiger partial charge in [-0.15, -0.1) is 11.3 Å². The summed E-state index contributed by atoms with van der Waals surface area (Å²) in [6.07, 6.45) is 4.07. The highest BCUT2D eigenvalue weighted by Gasteiger charge is 1.96. The predicted octanol–water partition coefficient (Wildman–Crippen LogP) is 2.01. The molecule has 1 N–H and O–H groups in total. The van der Waals surface area contributed by atoms with Crippen molar-refractivity contribution in [3.63, 3.8) is 0 Å². The Kier molecular flexibility index (Phi) is 6.50. The lowest BCUT2D eigenvalue weighted by Crippen LogP contribution is -2.23. The molecule has 1 aromatic rings. The van der Waals surface area contributed by atoms with Gasteiger partial charge in [0.05, 0.1) is 10.7 Å². The lowest BCUT2D eigenvalue weighted by atomic mass is 10.4. The highest BCUT2D eigenvalue weighted by atomic mass is 32.1. The lowest BCUT2D eigenvalue weighted by Gasteiger charge is -2.01. The van der Waals surface area contributed by atoms with Gasteiger partial charge in [0, 0.05) is 31.2 Å². The summed E-state index contributed by atoms with van der Waals surface area (Å²) >= 11 is 1.57. The molecule has 0 bridgehead atoms. The molecule has 1 heterocycles. The van der Waals surface area contributed by atoms with Crippen molar-refractivity contribution in [2.75, 3.05) is 19.8 Å². The molecule has 0 saturated carbocycles. The van der Waals surface area contributed by atoms with E-state index in [1.807, 2.05) is 19.2 Å². The summed E-state index contributed by atoms with van der Waals surface area (Å²) in [5.74, 6) is -0.0906. The van der Waals surface area contributed by atoms with Gasteiger partial charge < -0.3 is 10.1 Å². The molecule has 0 aromatic carbocycles. The van der Waals surface area contributed by atoms with Crippen LogP contribution < -0.4 is 5.32 Å². The number of carbonyl (C=O) groups is 1. The third kappa shape index (κ3) is 6.19. The Labute approximate surface area is 106 Å². The Bertz CT molecular complexity index is 374. The van der Waals surface area contributed by atoms with E-state index in [0.29, 0.717) is 13.2 Å². The Morgan fingerprint density at radius 1 is 1.65 bits per heavy atom. The molecule has 0 aliphatic rings. The number of ether oxygens (including phenoxy) is 1. The number of thiazole rings is 1. The van der Waals surface area contributed by atoms with E-state index in [1.165, 1.54) is 6.08 Å². The Morgan fingerprint density at radius 2 is 2.47 bits per heavy atom. The summed E-state index contributed by atoms with van der Waals surface area (Å²) in [4.78, 5) is 15.6. The Morgan fingerprint density at radius 3 is 3.12 bits per heavy atom. The second kappa shape index (κ2) is 7.97. The number of aromatic nitrogens is 1. The second-order valence-corrected chi connectivity index (χ2v) is 4.53. The van der Waals surface area contributed by atoms with E-state index in [4.69, 9.17) is 4.74 Å². The van der Waals surface area contributed by atoms with Crippen LogP contribution in [0.3, 0.4) is 0 Å². The Balaban J connectivity index is 2.18. The van der Waals surface area contributed by atoms with Gasteiger partial charge in [-0.2, -0.15) is 0 Å². The van der Waals surface area contributed by atoms with Crippen molar-refractivity contribution in [2.45, 2.75) is 20.3 Å². The van der Waals surface area contributed by atoms with Crippen LogP contribution in [0.15, 0.2) is 11.5 Å². The van der Waals surface area contributed by atoms with Crippen LogP contribution in [0, 0.1) is 6.92 Å². The third-order valence-corrected chi connectivity index (χ3v) is 2.80. The number of amides is 1. The first-order valence-electron chi connectivity index (χ1n) is 5.68. The molecule has 0 aliphatic carbocycles. The highest BCUT2D eigenvalue weighted by molar-refractivity contribution is 7.09. The molecule has 94 valence electrons. The van der Waals surface area contributed by atoms with Crippen LogP contribution in [0.4, 0.5) is 0 Å². The zero-order chi connectivity index (χ0) is 12.5. The van der Waals surface area contributed by atoms with Gasteiger partial charge in [-0.3, -0.25) is 4.79 Å². The van der Waals surface area contributed by atoms with Gasteiger partial charge >= 0.3 is 0 Å². The van der Waals surface area contributed by atoms with Gasteiger partial charge in [0.25, 0.3) is 0 Å². The minimum absolute atomic E-state index is 0.0906. The minimum Gasteiger partial charge on any atom is -0.382 e. The maximum Gasteiger partial charge on any atom is 0.244 e. The van der Waals surface area contributed by atoms with Crippen molar-refractivity contribution in [3.8, 4) is 0 Å². The first-order chi connectivity index (χ1) is 8.22. The molecule has 0 atom stereocenters. The maximum atomic E-state index is 11.4. The zero-order valence-electron chi connectivity index (χ0n) is 10.2. The quantitative estimate of drug-likeness (QED) is 0.598. The largest absolute Gasteiger partial charge is 0.382 e. The Hall–Kier alpha value is -1.20. The maximum absolute atomic E-state index is 11.4. The van der Waals surface area contributed by atoms with Crippen molar-refractivity contribution >= 4 is 23.3 Å². The molecule has 4 nitrogen and oxygen atoms in total. The van der Waals surface area contributed by atoms with Crippen LogP contribution in [-0.4, -0.2) is 30.6 Å². The first kappa shape index (κ1) is 13.9. The summed E-state index contributed by atoms with van der Waals surface area (Å²) in [7, 11) is 0. The van der Waals surface area contributed by atoms with Gasteiger partial charge in [0.2, 0.25) is 5.91 Å². The topological polar surface area (TPSA) is 51.2 Å². The molecule has 1 rings (SSSR count). The fourth-order valence-electron chi connectivity index (χ4n) is 1.21. The van der Waals surface area contributed by atoms with E-state index < -0.39 is 0 Å². The number of carbonyl (C=O) groups excluding carboxylic acids is 1. The van der Waals surface area contributed by atoms with Crippen LogP contribution in [0.25, 0.3) is 6.08 Å². The van der Waals surface area contributed by atoms with E-state index in [-0.39, 0.29) is 5.91 Å². The van der Waals surface area contributed by atoms with Gasteiger partial charge in [-0.25, -0.2) is 4.98 Å². The van der Waals surface area contributed by atoms with Gasteiger partial charge in [-0.1, -0.05) is 0 Å². The number of nitrogens with one attached hydrogen (secondary N) is 1. The molecular formula is C12H18N2O2S. The van der Waals surface area contributed by atoms with Gasteiger partial charge in [0.15, 0.2) is 0 Å². The predicted molar refractivity (Wildman–Crippen MR) is 70.0 cm³/mol. The van der Waals surface area contributed by atoms with Crippen LogP contribution in [0.5, 0.6) is 0 Å². The van der Waals surface area contributed by atoms with E-state index >= 15 is 0 Å². The summed E-state index contributed by atoms with van der Waals surface area (Å²) in [6.45, 7) is 5.94. The normalized spacial score (nSPS) is 10.9. The van der Waals surface area contributed by atoms with Gasteiger partial charge in [0.1, 0.15) is 0 Å². The first-order valence-corrected chi connectivity index (χ1v) is 6.56. The number of hydrogen-bond donors (Lipinski definition) is 1. The van der Waals surface area contributed by atoms with Crippen LogP contribution >= 0.6 is 11.3 Å². The number of rotatable bonds is 7. The molecule has 0 fully saturated rings. The molecule has 0 aliphatic heterocycles. The van der Waals surface area contributed by atoms with E-state index in [9.17, 15) is 4.79 Å². The molecule has 0 spiro atoms. The third-order valence-electron chi connectivity index (χ3n) is 2.01. The number of nitrogens with zero attached hydrogens (tertiary/aromatic N) is 1. The monoisotopic (exact) mass is 254 g/mol. The molecule has 1 amide bonds. The van der Waals surface area contributed by atoms with Crippen molar-refractivity contribution in [3.05, 3.63) is 22.2 Å². The summed E-state index contributed by atoms with van der Waals surface area (Å²) < 4.78 is 5.17. The number of hydrogen-bond acceptors (Lipinski definition) is 4. The minimum atomic E-state index is -0.0906. The van der Waals surface area contributed by atoms with E-state index in [1.54, 1.807) is 17.4 Å². The summed E-state index contributed by atoms with van der Waals surface area (Å²) in [5.41, 5.74) is 0.831. The second-order valence-electron chi connectivity index (χ2n) is 3.47. The van der Waals surface area contributed by atoms with E-state index in [2.05, 4.69) is 10.3 Å².